The van der Waals surface area contributed by atoms with E-state index in [4.69, 9.17) is 9.47 Å². The normalized spacial score (nSPS) is 14.3. The van der Waals surface area contributed by atoms with Crippen LogP contribution >= 0.6 is 0 Å². The molecule has 2 rings (SSSR count). The van der Waals surface area contributed by atoms with Crippen LogP contribution in [0.5, 0.6) is 11.5 Å². The van der Waals surface area contributed by atoms with Crippen LogP contribution in [-0.2, 0) is 11.2 Å². The van der Waals surface area contributed by atoms with E-state index in [1.807, 2.05) is 0 Å². The number of aliphatic hydroxyl groups excluding tert-OH is 1. The number of phenolic OH excluding ortho intramolecular Hbond substituents is 1. The molecular weight excluding hydrogens is 264 g/mol. The number of ketones is 2. The molecule has 0 saturated carbocycles. The molecule has 1 aromatic rings. The van der Waals surface area contributed by atoms with Crippen molar-refractivity contribution in [3.05, 3.63) is 34.3 Å². The molecule has 0 spiro atoms. The van der Waals surface area contributed by atoms with Gasteiger partial charge in [0.15, 0.2) is 0 Å². The molecule has 6 heteroatoms. The number of benzene rings is 1. The molecule has 1 aromatic carbocycles. The van der Waals surface area contributed by atoms with Crippen molar-refractivity contribution >= 4 is 11.6 Å². The van der Waals surface area contributed by atoms with Gasteiger partial charge in [-0.15, -0.1) is 0 Å². The molecule has 0 aliphatic heterocycles. The largest absolute Gasteiger partial charge is 0.507 e. The zero-order valence-corrected chi connectivity index (χ0v) is 11.3. The van der Waals surface area contributed by atoms with Crippen LogP contribution in [0, 0.1) is 0 Å². The lowest BCUT2D eigenvalue weighted by Crippen LogP contribution is -2.23. The topological polar surface area (TPSA) is 93.1 Å². The molecular formula is C14H14O6. The Bertz CT molecular complexity index is 642. The Morgan fingerprint density at radius 2 is 1.75 bits per heavy atom. The second-order valence-corrected chi connectivity index (χ2v) is 4.22. The van der Waals surface area contributed by atoms with Gasteiger partial charge in [-0.1, -0.05) is 6.92 Å². The number of fused-ring (bicyclic) bond motifs is 1. The molecule has 0 radical (unpaired) electrons. The molecule has 1 aliphatic carbocycles. The summed E-state index contributed by atoms with van der Waals surface area (Å²) in [6, 6.07) is 1.37. The van der Waals surface area contributed by atoms with Crippen LogP contribution in [0.25, 0.3) is 0 Å². The van der Waals surface area contributed by atoms with Crippen molar-refractivity contribution in [2.45, 2.75) is 13.3 Å². The van der Waals surface area contributed by atoms with E-state index in [-0.39, 0.29) is 16.9 Å². The first kappa shape index (κ1) is 13.9. The van der Waals surface area contributed by atoms with Crippen molar-refractivity contribution in [2.24, 2.45) is 0 Å². The van der Waals surface area contributed by atoms with Gasteiger partial charge in [0, 0.05) is 11.1 Å². The van der Waals surface area contributed by atoms with Crippen LogP contribution in [0.3, 0.4) is 0 Å². The summed E-state index contributed by atoms with van der Waals surface area (Å²) in [5, 5.41) is 19.9. The number of aliphatic hydroxyl groups is 1. The number of Topliss-reactive ketones (excluding diaryl/α,β-unsaturated/α-hetero) is 2. The summed E-state index contributed by atoms with van der Waals surface area (Å²) in [7, 11) is 2.58. The summed E-state index contributed by atoms with van der Waals surface area (Å²) in [6.07, 6.45) is 0.408. The minimum atomic E-state index is -0.841. The van der Waals surface area contributed by atoms with E-state index in [9.17, 15) is 19.8 Å². The maximum absolute atomic E-state index is 12.2. The molecule has 0 unspecified atom stereocenters. The first-order valence-corrected chi connectivity index (χ1v) is 5.97. The zero-order valence-electron chi connectivity index (χ0n) is 11.3. The zero-order chi connectivity index (χ0) is 15.0. The van der Waals surface area contributed by atoms with Crippen molar-refractivity contribution in [3.63, 3.8) is 0 Å². The Morgan fingerprint density at radius 1 is 1.10 bits per heavy atom. The van der Waals surface area contributed by atoms with Gasteiger partial charge in [0.25, 0.3) is 0 Å². The predicted molar refractivity (Wildman–Crippen MR) is 69.4 cm³/mol. The second kappa shape index (κ2) is 4.88. The number of carbonyl (C=O) groups excluding carboxylic acids is 2. The maximum Gasteiger partial charge on any atom is 0.235 e. The number of carbonyl (C=O) groups is 2. The Hall–Kier alpha value is -2.50. The smallest absolute Gasteiger partial charge is 0.235 e. The van der Waals surface area contributed by atoms with Gasteiger partial charge in [-0.2, -0.15) is 0 Å². The van der Waals surface area contributed by atoms with Crippen molar-refractivity contribution in [2.75, 3.05) is 14.2 Å². The fraction of sp³-hybridized carbons (Fsp3) is 0.286. The van der Waals surface area contributed by atoms with E-state index in [1.54, 1.807) is 6.92 Å². The molecule has 0 amide bonds. The van der Waals surface area contributed by atoms with Gasteiger partial charge < -0.3 is 19.7 Å². The third-order valence-electron chi connectivity index (χ3n) is 3.25. The van der Waals surface area contributed by atoms with Gasteiger partial charge >= 0.3 is 0 Å². The molecule has 6 nitrogen and oxygen atoms in total. The van der Waals surface area contributed by atoms with Crippen molar-refractivity contribution in [1.82, 2.24) is 0 Å². The van der Waals surface area contributed by atoms with Gasteiger partial charge in [-0.05, 0) is 12.5 Å². The fourth-order valence-corrected chi connectivity index (χ4v) is 2.26. The molecule has 0 fully saturated rings. The van der Waals surface area contributed by atoms with E-state index < -0.39 is 23.1 Å². The molecule has 106 valence electrons. The van der Waals surface area contributed by atoms with Gasteiger partial charge in [0.2, 0.25) is 23.1 Å². The average Bonchev–Trinajstić information content (AvgIpc) is 2.44. The standard InChI is InChI=1S/C14H14O6/c1-4-6-8(19-2)5-7-9(10(6)15)12(17)13(18)14(20-3)11(7)16/h5,15,18H,4H2,1-3H3. The first-order valence-electron chi connectivity index (χ1n) is 5.97. The second-order valence-electron chi connectivity index (χ2n) is 4.22. The highest BCUT2D eigenvalue weighted by Crippen LogP contribution is 2.39. The predicted octanol–water partition coefficient (Wildman–Crippen LogP) is 1.76. The minimum absolute atomic E-state index is 0.0452. The molecule has 1 aliphatic rings. The number of methoxy groups -OCH3 is 2. The van der Waals surface area contributed by atoms with E-state index in [2.05, 4.69) is 0 Å². The molecule has 20 heavy (non-hydrogen) atoms. The van der Waals surface area contributed by atoms with E-state index in [0.29, 0.717) is 17.7 Å². The third kappa shape index (κ3) is 1.72. The van der Waals surface area contributed by atoms with E-state index >= 15 is 0 Å². The summed E-state index contributed by atoms with van der Waals surface area (Å²) in [4.78, 5) is 24.2. The van der Waals surface area contributed by atoms with Gasteiger partial charge in [0.1, 0.15) is 11.5 Å². The Kier molecular flexibility index (Phi) is 3.40. The highest BCUT2D eigenvalue weighted by molar-refractivity contribution is 6.26. The number of aromatic hydroxyl groups is 1. The summed E-state index contributed by atoms with van der Waals surface area (Å²) in [6.45, 7) is 1.77. The highest BCUT2D eigenvalue weighted by Gasteiger charge is 2.37. The lowest BCUT2D eigenvalue weighted by Gasteiger charge is -2.20. The molecule has 0 bridgehead atoms. The van der Waals surface area contributed by atoms with Crippen LogP contribution < -0.4 is 4.74 Å². The van der Waals surface area contributed by atoms with Crippen LogP contribution in [0.2, 0.25) is 0 Å². The van der Waals surface area contributed by atoms with Gasteiger partial charge in [-0.3, -0.25) is 9.59 Å². The number of rotatable bonds is 3. The van der Waals surface area contributed by atoms with Crippen LogP contribution in [0.1, 0.15) is 33.2 Å². The average molecular weight is 278 g/mol. The van der Waals surface area contributed by atoms with Gasteiger partial charge in [-0.25, -0.2) is 0 Å². The number of hydrogen-bond donors (Lipinski definition) is 2. The number of phenols is 1. The van der Waals surface area contributed by atoms with Crippen molar-refractivity contribution in [3.8, 4) is 11.5 Å². The Balaban J connectivity index is 2.80. The monoisotopic (exact) mass is 278 g/mol. The summed E-state index contributed by atoms with van der Waals surface area (Å²) < 4.78 is 9.87. The first-order chi connectivity index (χ1) is 9.47. The Labute approximate surface area is 115 Å². The van der Waals surface area contributed by atoms with Crippen molar-refractivity contribution < 1.29 is 29.3 Å². The van der Waals surface area contributed by atoms with Crippen molar-refractivity contribution in [1.29, 1.82) is 0 Å². The lowest BCUT2D eigenvalue weighted by atomic mass is 9.88. The van der Waals surface area contributed by atoms with E-state index in [1.165, 1.54) is 20.3 Å². The molecule has 0 saturated heterocycles. The van der Waals surface area contributed by atoms with Gasteiger partial charge in [0.05, 0.1) is 19.8 Å². The quantitative estimate of drug-likeness (QED) is 0.875. The summed E-state index contributed by atoms with van der Waals surface area (Å²) in [5.41, 5.74) is 0.142. The fourth-order valence-electron chi connectivity index (χ4n) is 2.26. The van der Waals surface area contributed by atoms with Crippen LogP contribution in [0.15, 0.2) is 17.6 Å². The number of hydrogen-bond acceptors (Lipinski definition) is 6. The molecule has 2 N–H and O–H groups in total. The minimum Gasteiger partial charge on any atom is -0.507 e. The molecule has 0 aromatic heterocycles. The maximum atomic E-state index is 12.2. The Morgan fingerprint density at radius 3 is 2.25 bits per heavy atom. The van der Waals surface area contributed by atoms with Crippen LogP contribution in [0.4, 0.5) is 0 Å². The van der Waals surface area contributed by atoms with Crippen LogP contribution in [-0.4, -0.2) is 36.0 Å². The highest BCUT2D eigenvalue weighted by atomic mass is 16.5. The lowest BCUT2D eigenvalue weighted by molar-refractivity contribution is 0.0852. The summed E-state index contributed by atoms with van der Waals surface area (Å²) in [5.74, 6) is -2.79. The molecule has 0 atom stereocenters. The molecule has 0 heterocycles. The number of ether oxygens (including phenoxy) is 2. The SMILES string of the molecule is CCc1c(OC)cc2c(c1O)C(=O)C(O)=C(OC)C2=O. The third-order valence-corrected chi connectivity index (χ3v) is 3.25. The van der Waals surface area contributed by atoms with E-state index in [0.717, 1.165) is 0 Å². The number of allylic oxidation sites excluding steroid dienone is 2. The summed E-state index contributed by atoms with van der Waals surface area (Å²) >= 11 is 0.